The third kappa shape index (κ3) is 2.59. The van der Waals surface area contributed by atoms with Crippen molar-refractivity contribution in [2.45, 2.75) is 26.3 Å². The predicted molar refractivity (Wildman–Crippen MR) is 52.9 cm³/mol. The Labute approximate surface area is 81.8 Å². The Hall–Kier alpha value is -1.83. The van der Waals surface area contributed by atoms with E-state index in [1.54, 1.807) is 0 Å². The molecule has 0 aliphatic heterocycles. The first kappa shape index (κ1) is 10.3. The van der Waals surface area contributed by atoms with Gasteiger partial charge in [-0.3, -0.25) is 4.98 Å². The van der Waals surface area contributed by atoms with Crippen molar-refractivity contribution in [1.82, 2.24) is 9.97 Å². The van der Waals surface area contributed by atoms with Gasteiger partial charge in [0, 0.05) is 12.1 Å². The van der Waals surface area contributed by atoms with Crippen LogP contribution in [-0.4, -0.2) is 16.0 Å². The van der Waals surface area contributed by atoms with Gasteiger partial charge < -0.3 is 5.32 Å². The minimum atomic E-state index is -0.505. The third-order valence-corrected chi connectivity index (χ3v) is 1.87. The molecule has 1 aromatic heterocycles. The lowest BCUT2D eigenvalue weighted by atomic mass is 10.2. The van der Waals surface area contributed by atoms with Crippen LogP contribution < -0.4 is 11.0 Å². The van der Waals surface area contributed by atoms with E-state index in [0.29, 0.717) is 5.82 Å². The molecule has 0 spiro atoms. The summed E-state index contributed by atoms with van der Waals surface area (Å²) in [6, 6.07) is 3.62. The normalized spacial score (nSPS) is 11.8. The van der Waals surface area contributed by atoms with Gasteiger partial charge in [-0.25, -0.2) is 4.79 Å². The van der Waals surface area contributed by atoms with Gasteiger partial charge in [0.05, 0.1) is 0 Å². The van der Waals surface area contributed by atoms with E-state index < -0.39 is 5.69 Å². The maximum Gasteiger partial charge on any atom is 0.347 e. The molecular weight excluding hydrogens is 180 g/mol. The Balaban J connectivity index is 2.94. The Morgan fingerprint density at radius 3 is 3.07 bits per heavy atom. The van der Waals surface area contributed by atoms with Crippen LogP contribution in [0.5, 0.6) is 0 Å². The largest absolute Gasteiger partial charge is 0.367 e. The maximum atomic E-state index is 11.0. The van der Waals surface area contributed by atoms with Crippen molar-refractivity contribution < 1.29 is 0 Å². The molecule has 1 atom stereocenters. The van der Waals surface area contributed by atoms with E-state index in [1.165, 1.54) is 6.07 Å². The number of hydrogen-bond donors (Lipinski definition) is 2. The van der Waals surface area contributed by atoms with Crippen LogP contribution in [0.15, 0.2) is 10.9 Å². The van der Waals surface area contributed by atoms with Crippen LogP contribution in [0.4, 0.5) is 5.82 Å². The average Bonchev–Trinajstić information content (AvgIpc) is 2.16. The fourth-order valence-corrected chi connectivity index (χ4v) is 0.946. The van der Waals surface area contributed by atoms with Crippen molar-refractivity contribution in [3.8, 4) is 6.07 Å². The molecule has 1 unspecified atom stereocenters. The lowest BCUT2D eigenvalue weighted by Gasteiger charge is -2.10. The first-order valence-corrected chi connectivity index (χ1v) is 4.43. The second-order valence-electron chi connectivity index (χ2n) is 3.05. The number of aromatic amines is 1. The molecule has 5 nitrogen and oxygen atoms in total. The van der Waals surface area contributed by atoms with Gasteiger partial charge in [-0.05, 0) is 13.3 Å². The van der Waals surface area contributed by atoms with Gasteiger partial charge in [0.1, 0.15) is 17.6 Å². The molecule has 1 rings (SSSR count). The predicted octanol–water partition coefficient (Wildman–Crippen LogP) is 0.852. The van der Waals surface area contributed by atoms with E-state index in [1.807, 2.05) is 19.9 Å². The van der Waals surface area contributed by atoms with E-state index in [4.69, 9.17) is 5.26 Å². The van der Waals surface area contributed by atoms with Gasteiger partial charge in [0.2, 0.25) is 0 Å². The molecule has 0 amide bonds. The molecule has 0 aliphatic carbocycles. The maximum absolute atomic E-state index is 11.0. The number of hydrogen-bond acceptors (Lipinski definition) is 4. The van der Waals surface area contributed by atoms with Crippen LogP contribution in [0.3, 0.4) is 0 Å². The van der Waals surface area contributed by atoms with Crippen LogP contribution in [0, 0.1) is 11.3 Å². The summed E-state index contributed by atoms with van der Waals surface area (Å²) in [4.78, 5) is 17.0. The van der Waals surface area contributed by atoms with Crippen LogP contribution >= 0.6 is 0 Å². The number of nitrogens with zero attached hydrogens (tertiary/aromatic N) is 2. The second-order valence-corrected chi connectivity index (χ2v) is 3.05. The number of aromatic nitrogens is 2. The van der Waals surface area contributed by atoms with E-state index in [2.05, 4.69) is 15.3 Å². The number of nitriles is 1. The fraction of sp³-hybridized carbons (Fsp3) is 0.444. The molecule has 1 heterocycles. The molecule has 0 radical (unpaired) electrons. The fourth-order valence-electron chi connectivity index (χ4n) is 0.946. The molecule has 0 bridgehead atoms. The van der Waals surface area contributed by atoms with Gasteiger partial charge >= 0.3 is 5.69 Å². The zero-order valence-electron chi connectivity index (χ0n) is 8.16. The van der Waals surface area contributed by atoms with Crippen LogP contribution in [0.1, 0.15) is 26.0 Å². The van der Waals surface area contributed by atoms with Gasteiger partial charge in [-0.2, -0.15) is 10.2 Å². The zero-order chi connectivity index (χ0) is 10.6. The summed E-state index contributed by atoms with van der Waals surface area (Å²) in [6.45, 7) is 4.00. The summed E-state index contributed by atoms with van der Waals surface area (Å²) in [6.07, 6.45) is 0.927. The summed E-state index contributed by atoms with van der Waals surface area (Å²) in [5.74, 6) is 0.444. The minimum Gasteiger partial charge on any atom is -0.367 e. The van der Waals surface area contributed by atoms with Crippen LogP contribution in [0.2, 0.25) is 0 Å². The highest BCUT2D eigenvalue weighted by Crippen LogP contribution is 2.04. The molecular formula is C9H12N4O. The highest BCUT2D eigenvalue weighted by molar-refractivity contribution is 5.39. The average molecular weight is 192 g/mol. The summed E-state index contributed by atoms with van der Waals surface area (Å²) in [7, 11) is 0. The molecule has 1 aromatic rings. The molecule has 0 saturated carbocycles. The highest BCUT2D eigenvalue weighted by Gasteiger charge is 2.02. The smallest absolute Gasteiger partial charge is 0.347 e. The summed E-state index contributed by atoms with van der Waals surface area (Å²) in [5.41, 5.74) is -0.286. The van der Waals surface area contributed by atoms with Crippen molar-refractivity contribution in [3.05, 3.63) is 22.2 Å². The monoisotopic (exact) mass is 192 g/mol. The van der Waals surface area contributed by atoms with E-state index >= 15 is 0 Å². The number of rotatable bonds is 3. The van der Waals surface area contributed by atoms with Crippen molar-refractivity contribution >= 4 is 5.82 Å². The Morgan fingerprint density at radius 1 is 1.79 bits per heavy atom. The quantitative estimate of drug-likeness (QED) is 0.743. The van der Waals surface area contributed by atoms with Gasteiger partial charge in [0.25, 0.3) is 0 Å². The molecule has 2 N–H and O–H groups in total. The van der Waals surface area contributed by atoms with Crippen molar-refractivity contribution in [2.24, 2.45) is 0 Å². The Kier molecular flexibility index (Phi) is 3.24. The van der Waals surface area contributed by atoms with Crippen molar-refractivity contribution in [3.63, 3.8) is 0 Å². The standard InChI is InChI=1S/C9H12N4O/c1-3-6(2)11-8-4-7(5-10)12-9(14)13-8/h4,6H,3H2,1-2H3,(H2,11,12,13,14). The molecule has 14 heavy (non-hydrogen) atoms. The topological polar surface area (TPSA) is 81.6 Å². The van der Waals surface area contributed by atoms with Gasteiger partial charge in [-0.1, -0.05) is 6.92 Å². The van der Waals surface area contributed by atoms with E-state index in [-0.39, 0.29) is 11.7 Å². The zero-order valence-corrected chi connectivity index (χ0v) is 8.16. The Morgan fingerprint density at radius 2 is 2.50 bits per heavy atom. The van der Waals surface area contributed by atoms with Crippen molar-refractivity contribution in [1.29, 1.82) is 5.26 Å². The molecule has 0 saturated heterocycles. The van der Waals surface area contributed by atoms with Gasteiger partial charge in [0.15, 0.2) is 0 Å². The van der Waals surface area contributed by atoms with Crippen LogP contribution in [0.25, 0.3) is 0 Å². The van der Waals surface area contributed by atoms with Crippen molar-refractivity contribution in [2.75, 3.05) is 5.32 Å². The van der Waals surface area contributed by atoms with E-state index in [0.717, 1.165) is 6.42 Å². The lowest BCUT2D eigenvalue weighted by Crippen LogP contribution is -2.19. The summed E-state index contributed by atoms with van der Waals surface area (Å²) >= 11 is 0. The summed E-state index contributed by atoms with van der Waals surface area (Å²) in [5, 5.41) is 11.6. The first-order valence-electron chi connectivity index (χ1n) is 4.43. The highest BCUT2D eigenvalue weighted by atomic mass is 16.1. The SMILES string of the molecule is CCC(C)Nc1cc(C#N)[nH]c(=O)n1. The lowest BCUT2D eigenvalue weighted by molar-refractivity contribution is 0.757. The molecule has 0 aliphatic rings. The number of H-pyrrole nitrogens is 1. The van der Waals surface area contributed by atoms with Gasteiger partial charge in [-0.15, -0.1) is 0 Å². The molecule has 74 valence electrons. The van der Waals surface area contributed by atoms with E-state index in [9.17, 15) is 4.79 Å². The summed E-state index contributed by atoms with van der Waals surface area (Å²) < 4.78 is 0. The molecule has 0 fully saturated rings. The minimum absolute atomic E-state index is 0.218. The number of anilines is 1. The second kappa shape index (κ2) is 4.42. The first-order chi connectivity index (χ1) is 6.65. The third-order valence-electron chi connectivity index (χ3n) is 1.87. The molecule has 5 heteroatoms. The van der Waals surface area contributed by atoms with Crippen LogP contribution in [-0.2, 0) is 0 Å². The molecule has 0 aromatic carbocycles. The number of nitrogens with one attached hydrogen (secondary N) is 2. The Bertz CT molecular complexity index is 404.